The number of Topliss-reactive ketones (excluding diaryl/α,β-unsaturated/α-hetero) is 2. The lowest BCUT2D eigenvalue weighted by Crippen LogP contribution is -2.39. The topological polar surface area (TPSA) is 72.5 Å². The zero-order valence-electron chi connectivity index (χ0n) is 14.8. The van der Waals surface area contributed by atoms with Crippen LogP contribution in [0.25, 0.3) is 0 Å². The normalized spacial score (nSPS) is 17.9. The Morgan fingerprint density at radius 3 is 2.60 bits per heavy atom. The largest absolute Gasteiger partial charge is 0.469 e. The first kappa shape index (κ1) is 19.3. The Kier molecular flexibility index (Phi) is 7.79. The van der Waals surface area contributed by atoms with Crippen LogP contribution in [0.15, 0.2) is 30.3 Å². The summed E-state index contributed by atoms with van der Waals surface area (Å²) in [7, 11) is 1.35. The van der Waals surface area contributed by atoms with E-state index in [4.69, 9.17) is 0 Å². The SMILES string of the molecule is COC(=O)CCCC(C(=O)CCc1ccccc1)C(=O)[C@H]1CCCN1. The Balaban J connectivity index is 1.94. The highest BCUT2D eigenvalue weighted by Gasteiger charge is 2.33. The van der Waals surface area contributed by atoms with Gasteiger partial charge in [-0.3, -0.25) is 14.4 Å². The number of esters is 1. The predicted molar refractivity (Wildman–Crippen MR) is 95.2 cm³/mol. The molecule has 25 heavy (non-hydrogen) atoms. The van der Waals surface area contributed by atoms with Gasteiger partial charge in [0.1, 0.15) is 5.78 Å². The van der Waals surface area contributed by atoms with Gasteiger partial charge in [0.05, 0.1) is 19.1 Å². The summed E-state index contributed by atoms with van der Waals surface area (Å²) >= 11 is 0. The van der Waals surface area contributed by atoms with Crippen LogP contribution in [0.3, 0.4) is 0 Å². The lowest BCUT2D eigenvalue weighted by Gasteiger charge is -2.19. The van der Waals surface area contributed by atoms with E-state index >= 15 is 0 Å². The third-order valence-corrected chi connectivity index (χ3v) is 4.74. The zero-order chi connectivity index (χ0) is 18.1. The second kappa shape index (κ2) is 10.1. The number of ketones is 2. The summed E-state index contributed by atoms with van der Waals surface area (Å²) in [6.45, 7) is 0.823. The van der Waals surface area contributed by atoms with Crippen molar-refractivity contribution in [3.05, 3.63) is 35.9 Å². The van der Waals surface area contributed by atoms with Crippen LogP contribution in [-0.4, -0.2) is 37.2 Å². The van der Waals surface area contributed by atoms with E-state index in [9.17, 15) is 14.4 Å². The van der Waals surface area contributed by atoms with Crippen LogP contribution in [0, 0.1) is 5.92 Å². The summed E-state index contributed by atoms with van der Waals surface area (Å²) < 4.78 is 4.64. The molecule has 1 unspecified atom stereocenters. The van der Waals surface area contributed by atoms with Gasteiger partial charge in [0.25, 0.3) is 0 Å². The minimum atomic E-state index is -0.621. The van der Waals surface area contributed by atoms with E-state index < -0.39 is 5.92 Å². The van der Waals surface area contributed by atoms with Crippen molar-refractivity contribution in [1.82, 2.24) is 5.32 Å². The van der Waals surface area contributed by atoms with Crippen molar-refractivity contribution in [1.29, 1.82) is 0 Å². The van der Waals surface area contributed by atoms with Crippen molar-refractivity contribution < 1.29 is 19.1 Å². The fourth-order valence-electron chi connectivity index (χ4n) is 3.27. The third-order valence-electron chi connectivity index (χ3n) is 4.74. The molecule has 1 aliphatic rings. The molecule has 1 fully saturated rings. The molecule has 1 saturated heterocycles. The summed E-state index contributed by atoms with van der Waals surface area (Å²) in [5.41, 5.74) is 1.09. The van der Waals surface area contributed by atoms with Crippen LogP contribution in [0.4, 0.5) is 0 Å². The van der Waals surface area contributed by atoms with Crippen LogP contribution >= 0.6 is 0 Å². The molecule has 5 nitrogen and oxygen atoms in total. The third kappa shape index (κ3) is 6.09. The Bertz CT molecular complexity index is 579. The molecule has 2 rings (SSSR count). The second-order valence-electron chi connectivity index (χ2n) is 6.52. The maximum atomic E-state index is 12.7. The number of methoxy groups -OCH3 is 1. The highest BCUT2D eigenvalue weighted by molar-refractivity contribution is 6.04. The van der Waals surface area contributed by atoms with Gasteiger partial charge in [-0.1, -0.05) is 30.3 Å². The molecule has 0 saturated carbocycles. The summed E-state index contributed by atoms with van der Waals surface area (Å²) in [4.78, 5) is 36.7. The van der Waals surface area contributed by atoms with Crippen LogP contribution < -0.4 is 5.32 Å². The van der Waals surface area contributed by atoms with E-state index in [1.54, 1.807) is 0 Å². The summed E-state index contributed by atoms with van der Waals surface area (Å²) in [5, 5.41) is 3.18. The fraction of sp³-hybridized carbons (Fsp3) is 0.550. The Morgan fingerprint density at radius 1 is 1.20 bits per heavy atom. The molecule has 1 aromatic rings. The minimum absolute atomic E-state index is 0.0135. The number of aryl methyl sites for hydroxylation is 1. The molecule has 1 N–H and O–H groups in total. The fourth-order valence-corrected chi connectivity index (χ4v) is 3.27. The quantitative estimate of drug-likeness (QED) is 0.521. The van der Waals surface area contributed by atoms with E-state index in [0.29, 0.717) is 25.7 Å². The molecule has 2 atom stereocenters. The molecule has 1 aliphatic heterocycles. The number of rotatable bonds is 10. The lowest BCUT2D eigenvalue weighted by atomic mass is 9.86. The second-order valence-corrected chi connectivity index (χ2v) is 6.52. The van der Waals surface area contributed by atoms with E-state index in [1.807, 2.05) is 30.3 Å². The molecule has 0 radical (unpaired) electrons. The molecular formula is C20H27NO4. The van der Waals surface area contributed by atoms with Gasteiger partial charge in [0.15, 0.2) is 5.78 Å². The maximum Gasteiger partial charge on any atom is 0.305 e. The van der Waals surface area contributed by atoms with Crippen molar-refractivity contribution in [2.45, 2.75) is 51.0 Å². The van der Waals surface area contributed by atoms with E-state index in [1.165, 1.54) is 7.11 Å². The minimum Gasteiger partial charge on any atom is -0.469 e. The van der Waals surface area contributed by atoms with E-state index in [2.05, 4.69) is 10.1 Å². The lowest BCUT2D eigenvalue weighted by molar-refractivity contribution is -0.141. The van der Waals surface area contributed by atoms with Crippen molar-refractivity contribution in [2.24, 2.45) is 5.92 Å². The van der Waals surface area contributed by atoms with Crippen LogP contribution in [0.5, 0.6) is 0 Å². The van der Waals surface area contributed by atoms with Gasteiger partial charge in [-0.05, 0) is 44.2 Å². The van der Waals surface area contributed by atoms with Gasteiger partial charge in [-0.25, -0.2) is 0 Å². The van der Waals surface area contributed by atoms with Gasteiger partial charge >= 0.3 is 5.97 Å². The summed E-state index contributed by atoms with van der Waals surface area (Å²) in [6, 6.07) is 9.59. The predicted octanol–water partition coefficient (Wildman–Crippen LogP) is 2.47. The molecule has 0 amide bonds. The van der Waals surface area contributed by atoms with E-state index in [-0.39, 0.29) is 30.0 Å². The van der Waals surface area contributed by atoms with Crippen LogP contribution in [0.1, 0.15) is 44.1 Å². The first-order chi connectivity index (χ1) is 12.1. The number of carbonyl (C=O) groups excluding carboxylic acids is 3. The zero-order valence-corrected chi connectivity index (χ0v) is 14.8. The Hall–Kier alpha value is -2.01. The molecule has 136 valence electrons. The van der Waals surface area contributed by atoms with Crippen molar-refractivity contribution in [3.63, 3.8) is 0 Å². The molecule has 0 spiro atoms. The number of hydrogen-bond acceptors (Lipinski definition) is 5. The van der Waals surface area contributed by atoms with Crippen molar-refractivity contribution >= 4 is 17.5 Å². The first-order valence-corrected chi connectivity index (χ1v) is 9.02. The smallest absolute Gasteiger partial charge is 0.305 e. The Morgan fingerprint density at radius 2 is 1.96 bits per heavy atom. The van der Waals surface area contributed by atoms with Crippen molar-refractivity contribution in [2.75, 3.05) is 13.7 Å². The number of ether oxygens (including phenoxy) is 1. The monoisotopic (exact) mass is 345 g/mol. The van der Waals surface area contributed by atoms with Crippen molar-refractivity contribution in [3.8, 4) is 0 Å². The van der Waals surface area contributed by atoms with Gasteiger partial charge in [-0.2, -0.15) is 0 Å². The van der Waals surface area contributed by atoms with Crippen LogP contribution in [0.2, 0.25) is 0 Å². The van der Waals surface area contributed by atoms with Gasteiger partial charge in [0, 0.05) is 12.8 Å². The number of hydrogen-bond donors (Lipinski definition) is 1. The summed E-state index contributed by atoms with van der Waals surface area (Å²) in [5.74, 6) is -0.960. The summed E-state index contributed by atoms with van der Waals surface area (Å²) in [6.07, 6.45) is 3.89. The molecule has 0 bridgehead atoms. The van der Waals surface area contributed by atoms with E-state index in [0.717, 1.165) is 24.9 Å². The number of nitrogens with one attached hydrogen (secondary N) is 1. The molecule has 1 heterocycles. The van der Waals surface area contributed by atoms with Gasteiger partial charge in [-0.15, -0.1) is 0 Å². The van der Waals surface area contributed by atoms with Crippen LogP contribution in [-0.2, 0) is 25.5 Å². The molecule has 5 heteroatoms. The number of carbonyl (C=O) groups is 3. The maximum absolute atomic E-state index is 12.7. The first-order valence-electron chi connectivity index (χ1n) is 9.02. The highest BCUT2D eigenvalue weighted by atomic mass is 16.5. The van der Waals surface area contributed by atoms with Gasteiger partial charge < -0.3 is 10.1 Å². The number of benzene rings is 1. The highest BCUT2D eigenvalue weighted by Crippen LogP contribution is 2.20. The molecule has 0 aromatic heterocycles. The van der Waals surface area contributed by atoms with Gasteiger partial charge in [0.2, 0.25) is 0 Å². The standard InChI is InChI=1S/C20H27NO4/c1-25-19(23)11-5-9-16(20(24)17-10-6-14-21-17)18(22)13-12-15-7-3-2-4-8-15/h2-4,7-8,16-17,21H,5-6,9-14H2,1H3/t16?,17-/m1/s1. The molecular weight excluding hydrogens is 318 g/mol. The Labute approximate surface area is 149 Å². The average Bonchev–Trinajstić information content (AvgIpc) is 3.18. The molecule has 0 aliphatic carbocycles. The average molecular weight is 345 g/mol. The molecule has 1 aromatic carbocycles.